The first-order valence-corrected chi connectivity index (χ1v) is 8.98. The van der Waals surface area contributed by atoms with E-state index in [-0.39, 0.29) is 12.4 Å². The van der Waals surface area contributed by atoms with Gasteiger partial charge in [0.05, 0.1) is 16.9 Å². The Balaban J connectivity index is 1.89. The molecule has 0 aliphatic carbocycles. The van der Waals surface area contributed by atoms with E-state index in [1.165, 1.54) is 18.2 Å². The summed E-state index contributed by atoms with van der Waals surface area (Å²) in [6, 6.07) is 8.85. The minimum absolute atomic E-state index is 0.00397. The second-order valence-corrected chi connectivity index (χ2v) is 6.94. The summed E-state index contributed by atoms with van der Waals surface area (Å²) in [6.07, 6.45) is -4.46. The van der Waals surface area contributed by atoms with Gasteiger partial charge in [-0.2, -0.15) is 13.2 Å². The molecule has 0 amide bonds. The van der Waals surface area contributed by atoms with Gasteiger partial charge in [-0.3, -0.25) is 0 Å². The lowest BCUT2D eigenvalue weighted by molar-refractivity contribution is -0.139. The Morgan fingerprint density at radius 2 is 1.85 bits per heavy atom. The molecule has 0 saturated carbocycles. The SMILES string of the molecule is Nc1cc(Br)cc(COc2ccccc2C(F)(F)F)c1N1CCNCC1. The molecule has 0 bridgehead atoms. The van der Waals surface area contributed by atoms with E-state index in [4.69, 9.17) is 10.5 Å². The third kappa shape index (κ3) is 4.24. The number of nitrogens with two attached hydrogens (primary N) is 1. The van der Waals surface area contributed by atoms with Gasteiger partial charge in [0.2, 0.25) is 0 Å². The summed E-state index contributed by atoms with van der Waals surface area (Å²) in [4.78, 5) is 2.13. The number of hydrogen-bond acceptors (Lipinski definition) is 4. The highest BCUT2D eigenvalue weighted by molar-refractivity contribution is 9.10. The molecule has 4 nitrogen and oxygen atoms in total. The lowest BCUT2D eigenvalue weighted by Crippen LogP contribution is -2.44. The van der Waals surface area contributed by atoms with Crippen molar-refractivity contribution in [1.82, 2.24) is 5.32 Å². The molecule has 3 N–H and O–H groups in total. The van der Waals surface area contributed by atoms with Crippen LogP contribution >= 0.6 is 15.9 Å². The van der Waals surface area contributed by atoms with Crippen molar-refractivity contribution < 1.29 is 17.9 Å². The molecule has 1 aliphatic heterocycles. The highest BCUT2D eigenvalue weighted by atomic mass is 79.9. The number of nitrogens with zero attached hydrogens (tertiary/aromatic N) is 1. The van der Waals surface area contributed by atoms with Crippen LogP contribution in [0.3, 0.4) is 0 Å². The quantitative estimate of drug-likeness (QED) is 0.720. The van der Waals surface area contributed by atoms with Gasteiger partial charge in [0.15, 0.2) is 0 Å². The first-order valence-electron chi connectivity index (χ1n) is 8.19. The second-order valence-electron chi connectivity index (χ2n) is 6.02. The number of benzene rings is 2. The van der Waals surface area contributed by atoms with Crippen LogP contribution in [0.2, 0.25) is 0 Å². The second kappa shape index (κ2) is 7.75. The van der Waals surface area contributed by atoms with E-state index in [1.54, 1.807) is 6.07 Å². The normalized spacial score (nSPS) is 15.2. The van der Waals surface area contributed by atoms with Crippen LogP contribution in [-0.2, 0) is 12.8 Å². The first-order chi connectivity index (χ1) is 12.4. The number of halogens is 4. The Hall–Kier alpha value is -1.93. The Labute approximate surface area is 158 Å². The molecule has 0 aromatic heterocycles. The largest absolute Gasteiger partial charge is 0.488 e. The highest BCUT2D eigenvalue weighted by Crippen LogP contribution is 2.37. The van der Waals surface area contributed by atoms with E-state index in [1.807, 2.05) is 6.07 Å². The number of piperazine rings is 1. The van der Waals surface area contributed by atoms with Crippen LogP contribution in [0.5, 0.6) is 5.75 Å². The van der Waals surface area contributed by atoms with Gasteiger partial charge in [0.25, 0.3) is 0 Å². The van der Waals surface area contributed by atoms with Crippen molar-refractivity contribution in [3.63, 3.8) is 0 Å². The van der Waals surface area contributed by atoms with E-state index in [9.17, 15) is 13.2 Å². The van der Waals surface area contributed by atoms with Crippen LogP contribution < -0.4 is 20.7 Å². The Morgan fingerprint density at radius 3 is 2.54 bits per heavy atom. The van der Waals surface area contributed by atoms with E-state index in [0.29, 0.717) is 5.69 Å². The summed E-state index contributed by atoms with van der Waals surface area (Å²) < 4.78 is 45.8. The van der Waals surface area contributed by atoms with Crippen molar-refractivity contribution in [1.29, 1.82) is 0 Å². The van der Waals surface area contributed by atoms with E-state index < -0.39 is 11.7 Å². The monoisotopic (exact) mass is 429 g/mol. The van der Waals surface area contributed by atoms with Crippen molar-refractivity contribution in [3.8, 4) is 5.75 Å². The topological polar surface area (TPSA) is 50.5 Å². The van der Waals surface area contributed by atoms with E-state index in [2.05, 4.69) is 26.1 Å². The third-order valence-corrected chi connectivity index (χ3v) is 4.65. The van der Waals surface area contributed by atoms with Crippen LogP contribution in [0.4, 0.5) is 24.5 Å². The molecule has 0 spiro atoms. The van der Waals surface area contributed by atoms with Gasteiger partial charge in [-0.25, -0.2) is 0 Å². The highest BCUT2D eigenvalue weighted by Gasteiger charge is 2.34. The molecular formula is C18H19BrF3N3O. The van der Waals surface area contributed by atoms with Crippen LogP contribution in [0.25, 0.3) is 0 Å². The third-order valence-electron chi connectivity index (χ3n) is 4.19. The summed E-state index contributed by atoms with van der Waals surface area (Å²) in [5.74, 6) is -0.190. The summed E-state index contributed by atoms with van der Waals surface area (Å²) in [5, 5.41) is 3.27. The molecule has 1 fully saturated rings. The van der Waals surface area contributed by atoms with Gasteiger partial charge in [-0.15, -0.1) is 0 Å². The number of nitrogen functional groups attached to an aromatic ring is 1. The Bertz CT molecular complexity index is 777. The first kappa shape index (κ1) is 18.8. The number of ether oxygens (including phenoxy) is 1. The molecule has 0 radical (unpaired) electrons. The van der Waals surface area contributed by atoms with Crippen molar-refractivity contribution in [2.24, 2.45) is 0 Å². The fourth-order valence-corrected chi connectivity index (χ4v) is 3.57. The zero-order valence-electron chi connectivity index (χ0n) is 13.9. The number of nitrogens with one attached hydrogen (secondary N) is 1. The Kier molecular flexibility index (Phi) is 5.62. The maximum Gasteiger partial charge on any atom is 0.419 e. The summed E-state index contributed by atoms with van der Waals surface area (Å²) in [5.41, 5.74) is 7.55. The molecule has 2 aromatic rings. The predicted octanol–water partition coefficient (Wildman–Crippen LogP) is 4.04. The summed E-state index contributed by atoms with van der Waals surface area (Å²) >= 11 is 3.40. The van der Waals surface area contributed by atoms with Crippen molar-refractivity contribution in [2.75, 3.05) is 36.8 Å². The smallest absolute Gasteiger partial charge is 0.419 e. The van der Waals surface area contributed by atoms with Gasteiger partial charge in [-0.05, 0) is 24.3 Å². The van der Waals surface area contributed by atoms with Crippen LogP contribution in [0.15, 0.2) is 40.9 Å². The summed E-state index contributed by atoms with van der Waals surface area (Å²) in [6.45, 7) is 3.20. The molecule has 1 aliphatic rings. The molecule has 0 unspecified atom stereocenters. The van der Waals surface area contributed by atoms with E-state index in [0.717, 1.165) is 48.0 Å². The average Bonchev–Trinajstić information content (AvgIpc) is 2.59. The molecule has 1 heterocycles. The van der Waals surface area contributed by atoms with E-state index >= 15 is 0 Å². The maximum absolute atomic E-state index is 13.1. The van der Waals surface area contributed by atoms with Crippen molar-refractivity contribution >= 4 is 27.3 Å². The van der Waals surface area contributed by atoms with Gasteiger partial charge < -0.3 is 20.7 Å². The maximum atomic E-state index is 13.1. The van der Waals surface area contributed by atoms with Gasteiger partial charge in [0, 0.05) is 36.2 Å². The van der Waals surface area contributed by atoms with Gasteiger partial charge in [0.1, 0.15) is 12.4 Å². The molecule has 2 aromatic carbocycles. The van der Waals surface area contributed by atoms with Gasteiger partial charge in [-0.1, -0.05) is 28.1 Å². The molecule has 8 heteroatoms. The molecule has 0 atom stereocenters. The minimum atomic E-state index is -4.46. The predicted molar refractivity (Wildman–Crippen MR) is 99.4 cm³/mol. The minimum Gasteiger partial charge on any atom is -0.488 e. The number of para-hydroxylation sites is 1. The fourth-order valence-electron chi connectivity index (χ4n) is 3.05. The van der Waals surface area contributed by atoms with Crippen LogP contribution in [0, 0.1) is 0 Å². The lowest BCUT2D eigenvalue weighted by Gasteiger charge is -2.32. The molecular weight excluding hydrogens is 411 g/mol. The van der Waals surface area contributed by atoms with Crippen LogP contribution in [-0.4, -0.2) is 26.2 Å². The summed E-state index contributed by atoms with van der Waals surface area (Å²) in [7, 11) is 0. The molecule has 1 saturated heterocycles. The molecule has 3 rings (SSSR count). The standard InChI is InChI=1S/C18H19BrF3N3O/c19-13-9-12(17(15(23)10-13)25-7-5-24-6-8-25)11-26-16-4-2-1-3-14(16)18(20,21)22/h1-4,9-10,24H,5-8,11,23H2. The number of rotatable bonds is 4. The molecule has 140 valence electrons. The van der Waals surface area contributed by atoms with Gasteiger partial charge >= 0.3 is 6.18 Å². The van der Waals surface area contributed by atoms with Crippen LogP contribution in [0.1, 0.15) is 11.1 Å². The number of alkyl halides is 3. The number of anilines is 2. The zero-order valence-corrected chi connectivity index (χ0v) is 15.5. The fraction of sp³-hybridized carbons (Fsp3) is 0.333. The van der Waals surface area contributed by atoms with Crippen molar-refractivity contribution in [3.05, 3.63) is 52.0 Å². The average molecular weight is 430 g/mol. The lowest BCUT2D eigenvalue weighted by atomic mass is 10.1. The van der Waals surface area contributed by atoms with Crippen molar-refractivity contribution in [2.45, 2.75) is 12.8 Å². The number of hydrogen-bond donors (Lipinski definition) is 2. The molecule has 26 heavy (non-hydrogen) atoms. The Morgan fingerprint density at radius 1 is 1.15 bits per heavy atom. The zero-order chi connectivity index (χ0) is 18.7.